The highest BCUT2D eigenvalue weighted by Crippen LogP contribution is 2.36. The highest BCUT2D eigenvalue weighted by Gasteiger charge is 2.22. The summed E-state index contributed by atoms with van der Waals surface area (Å²) in [7, 11) is 2.12. The molecule has 2 nitrogen and oxygen atoms in total. The second kappa shape index (κ2) is 5.24. The molecular weight excluding hydrogens is 196 g/mol. The summed E-state index contributed by atoms with van der Waals surface area (Å²) >= 11 is 0. The van der Waals surface area contributed by atoms with E-state index in [9.17, 15) is 0 Å². The standard InChI is InChI=1S/C14H21N2/c1-3-4-5-8-11-16-12-15(2)13-9-6-7-10-14(13)16/h6-7,9-10,12H,3-5,8,11H2,1-2H3. The van der Waals surface area contributed by atoms with Crippen molar-refractivity contribution in [2.24, 2.45) is 0 Å². The molecule has 0 amide bonds. The van der Waals surface area contributed by atoms with Gasteiger partial charge in [-0.15, -0.1) is 0 Å². The van der Waals surface area contributed by atoms with Gasteiger partial charge in [0.25, 0.3) is 0 Å². The first-order chi connectivity index (χ1) is 7.83. The lowest BCUT2D eigenvalue weighted by molar-refractivity contribution is 0.661. The summed E-state index contributed by atoms with van der Waals surface area (Å²) in [6, 6.07) is 8.60. The number of rotatable bonds is 5. The van der Waals surface area contributed by atoms with Gasteiger partial charge in [0.15, 0.2) is 0 Å². The average molecular weight is 217 g/mol. The summed E-state index contributed by atoms with van der Waals surface area (Å²) in [4.78, 5) is 4.57. The zero-order valence-electron chi connectivity index (χ0n) is 10.3. The fourth-order valence-electron chi connectivity index (χ4n) is 2.23. The van der Waals surface area contributed by atoms with Crippen LogP contribution in [-0.2, 0) is 0 Å². The third kappa shape index (κ3) is 2.31. The monoisotopic (exact) mass is 217 g/mol. The fourth-order valence-corrected chi connectivity index (χ4v) is 2.23. The molecule has 0 bridgehead atoms. The van der Waals surface area contributed by atoms with E-state index in [0.717, 1.165) is 6.54 Å². The Morgan fingerprint density at radius 2 is 1.75 bits per heavy atom. The molecule has 0 atom stereocenters. The second-order valence-electron chi connectivity index (χ2n) is 4.47. The molecule has 0 N–H and O–H groups in total. The van der Waals surface area contributed by atoms with Crippen LogP contribution in [0.3, 0.4) is 0 Å². The number of fused-ring (bicyclic) bond motifs is 1. The van der Waals surface area contributed by atoms with E-state index in [2.05, 4.69) is 54.7 Å². The summed E-state index contributed by atoms with van der Waals surface area (Å²) in [5.74, 6) is 0. The molecule has 87 valence electrons. The molecule has 1 aromatic carbocycles. The van der Waals surface area contributed by atoms with Crippen molar-refractivity contribution in [1.82, 2.24) is 0 Å². The van der Waals surface area contributed by atoms with Gasteiger partial charge in [-0.3, -0.25) is 0 Å². The molecule has 1 aliphatic heterocycles. The SMILES string of the molecule is CCCCCCN1[CH]N(C)c2ccccc21. The van der Waals surface area contributed by atoms with Gasteiger partial charge < -0.3 is 9.80 Å². The third-order valence-electron chi connectivity index (χ3n) is 3.14. The Bertz CT molecular complexity index is 335. The minimum Gasteiger partial charge on any atom is -0.349 e. The molecule has 16 heavy (non-hydrogen) atoms. The van der Waals surface area contributed by atoms with Crippen molar-refractivity contribution < 1.29 is 0 Å². The lowest BCUT2D eigenvalue weighted by atomic mass is 10.2. The summed E-state index contributed by atoms with van der Waals surface area (Å²) in [6.45, 7) is 5.60. The van der Waals surface area contributed by atoms with Gasteiger partial charge in [0.2, 0.25) is 0 Å². The van der Waals surface area contributed by atoms with Crippen LogP contribution >= 0.6 is 0 Å². The lowest BCUT2D eigenvalue weighted by Crippen LogP contribution is -2.23. The van der Waals surface area contributed by atoms with Crippen molar-refractivity contribution in [1.29, 1.82) is 0 Å². The Hall–Kier alpha value is -1.18. The van der Waals surface area contributed by atoms with Crippen LogP contribution in [0.1, 0.15) is 32.6 Å². The Balaban J connectivity index is 1.93. The summed E-state index contributed by atoms with van der Waals surface area (Å²) < 4.78 is 0. The Labute approximate surface area is 98.9 Å². The smallest absolute Gasteiger partial charge is 0.142 e. The van der Waals surface area contributed by atoms with Gasteiger partial charge in [0, 0.05) is 13.6 Å². The molecule has 0 aliphatic carbocycles. The number of nitrogens with zero attached hydrogens (tertiary/aromatic N) is 2. The quantitative estimate of drug-likeness (QED) is 0.695. The van der Waals surface area contributed by atoms with E-state index in [0.29, 0.717) is 0 Å². The van der Waals surface area contributed by atoms with Crippen LogP contribution in [0.25, 0.3) is 0 Å². The minimum atomic E-state index is 1.14. The molecule has 0 fully saturated rings. The Kier molecular flexibility index (Phi) is 3.70. The maximum absolute atomic E-state index is 2.37. The fraction of sp³-hybridized carbons (Fsp3) is 0.500. The number of hydrogen-bond acceptors (Lipinski definition) is 2. The molecule has 0 saturated carbocycles. The molecule has 1 radical (unpaired) electrons. The predicted octanol–water partition coefficient (Wildman–Crippen LogP) is 3.64. The number of unbranched alkanes of at least 4 members (excludes halogenated alkanes) is 3. The first-order valence-electron chi connectivity index (χ1n) is 6.26. The number of benzene rings is 1. The van der Waals surface area contributed by atoms with E-state index < -0.39 is 0 Å². The molecular formula is C14H21N2. The first-order valence-corrected chi connectivity index (χ1v) is 6.26. The highest BCUT2D eigenvalue weighted by molar-refractivity contribution is 5.77. The molecule has 0 unspecified atom stereocenters. The Morgan fingerprint density at radius 1 is 1.00 bits per heavy atom. The number of para-hydroxylation sites is 2. The van der Waals surface area contributed by atoms with Crippen LogP contribution in [0.2, 0.25) is 0 Å². The van der Waals surface area contributed by atoms with Crippen LogP contribution in [0.4, 0.5) is 11.4 Å². The van der Waals surface area contributed by atoms with Gasteiger partial charge in [0.05, 0.1) is 11.4 Å². The molecule has 2 rings (SSSR count). The van der Waals surface area contributed by atoms with Gasteiger partial charge >= 0.3 is 0 Å². The number of anilines is 2. The molecule has 0 spiro atoms. The van der Waals surface area contributed by atoms with Crippen molar-refractivity contribution in [2.45, 2.75) is 32.6 Å². The zero-order valence-corrected chi connectivity index (χ0v) is 10.3. The first kappa shape index (κ1) is 11.3. The van der Waals surface area contributed by atoms with Gasteiger partial charge in [-0.2, -0.15) is 0 Å². The van der Waals surface area contributed by atoms with Crippen LogP contribution in [0.5, 0.6) is 0 Å². The summed E-state index contributed by atoms with van der Waals surface area (Å²) in [6.07, 6.45) is 5.28. The maximum Gasteiger partial charge on any atom is 0.142 e. The average Bonchev–Trinajstić information content (AvgIpc) is 2.63. The zero-order chi connectivity index (χ0) is 11.4. The molecule has 0 saturated heterocycles. The van der Waals surface area contributed by atoms with Gasteiger partial charge in [-0.05, 0) is 18.6 Å². The van der Waals surface area contributed by atoms with E-state index in [4.69, 9.17) is 0 Å². The predicted molar refractivity (Wildman–Crippen MR) is 70.6 cm³/mol. The third-order valence-corrected chi connectivity index (χ3v) is 3.14. The van der Waals surface area contributed by atoms with E-state index in [1.807, 2.05) is 0 Å². The molecule has 1 aromatic rings. The van der Waals surface area contributed by atoms with E-state index >= 15 is 0 Å². The van der Waals surface area contributed by atoms with Crippen molar-refractivity contribution >= 4 is 11.4 Å². The van der Waals surface area contributed by atoms with Crippen molar-refractivity contribution in [3.8, 4) is 0 Å². The van der Waals surface area contributed by atoms with Crippen LogP contribution < -0.4 is 9.80 Å². The molecule has 1 aliphatic rings. The number of hydrogen-bond donors (Lipinski definition) is 0. The van der Waals surface area contributed by atoms with E-state index in [1.54, 1.807) is 0 Å². The molecule has 1 heterocycles. The van der Waals surface area contributed by atoms with Crippen LogP contribution in [0, 0.1) is 6.67 Å². The van der Waals surface area contributed by atoms with E-state index in [1.165, 1.54) is 37.1 Å². The maximum atomic E-state index is 2.37. The van der Waals surface area contributed by atoms with Crippen molar-refractivity contribution in [2.75, 3.05) is 23.4 Å². The summed E-state index contributed by atoms with van der Waals surface area (Å²) in [5, 5.41) is 0. The van der Waals surface area contributed by atoms with Crippen molar-refractivity contribution in [3.63, 3.8) is 0 Å². The topological polar surface area (TPSA) is 6.48 Å². The lowest BCUT2D eigenvalue weighted by Gasteiger charge is -2.18. The Morgan fingerprint density at radius 3 is 2.50 bits per heavy atom. The summed E-state index contributed by atoms with van der Waals surface area (Å²) in [5.41, 5.74) is 2.67. The highest BCUT2D eigenvalue weighted by atomic mass is 15.4. The largest absolute Gasteiger partial charge is 0.349 e. The second-order valence-corrected chi connectivity index (χ2v) is 4.47. The van der Waals surface area contributed by atoms with Crippen molar-refractivity contribution in [3.05, 3.63) is 30.9 Å². The minimum absolute atomic E-state index is 1.14. The van der Waals surface area contributed by atoms with Crippen LogP contribution in [-0.4, -0.2) is 13.6 Å². The van der Waals surface area contributed by atoms with Gasteiger partial charge in [-0.1, -0.05) is 38.3 Å². The van der Waals surface area contributed by atoms with Gasteiger partial charge in [0.1, 0.15) is 6.67 Å². The van der Waals surface area contributed by atoms with Gasteiger partial charge in [-0.25, -0.2) is 0 Å². The molecule has 0 aromatic heterocycles. The van der Waals surface area contributed by atoms with E-state index in [-0.39, 0.29) is 0 Å². The molecule has 2 heteroatoms. The normalized spacial score (nSPS) is 14.4. The van der Waals surface area contributed by atoms with Crippen LogP contribution in [0.15, 0.2) is 24.3 Å².